The van der Waals surface area contributed by atoms with Gasteiger partial charge in [-0.1, -0.05) is 24.3 Å². The molecule has 0 radical (unpaired) electrons. The lowest BCUT2D eigenvalue weighted by molar-refractivity contribution is 0.135. The van der Waals surface area contributed by atoms with E-state index in [9.17, 15) is 5.11 Å². The lowest BCUT2D eigenvalue weighted by Gasteiger charge is -2.27. The third-order valence-corrected chi connectivity index (χ3v) is 4.13. The predicted molar refractivity (Wildman–Crippen MR) is 82.5 cm³/mol. The van der Waals surface area contributed by atoms with Crippen LogP contribution in [0.2, 0.25) is 0 Å². The number of aryl methyl sites for hydroxylation is 1. The number of hydrogen-bond donors (Lipinski definition) is 1. The molecule has 0 bridgehead atoms. The molecule has 0 fully saturated rings. The molecule has 0 spiro atoms. The molecule has 1 aliphatic rings. The van der Waals surface area contributed by atoms with Gasteiger partial charge >= 0.3 is 0 Å². The summed E-state index contributed by atoms with van der Waals surface area (Å²) in [5.41, 5.74) is 2.42. The first-order valence-corrected chi connectivity index (χ1v) is 7.61. The average molecular weight is 283 g/mol. The number of aromatic nitrogens is 1. The molecule has 2 unspecified atom stereocenters. The highest BCUT2D eigenvalue weighted by molar-refractivity contribution is 5.37. The number of benzene rings is 1. The summed E-state index contributed by atoms with van der Waals surface area (Å²) in [6, 6.07) is 12.2. The normalized spacial score (nSPS) is 18.6. The molecule has 1 aliphatic heterocycles. The molecular weight excluding hydrogens is 262 g/mol. The molecule has 1 aromatic heterocycles. The van der Waals surface area contributed by atoms with Crippen molar-refractivity contribution in [3.63, 3.8) is 0 Å². The lowest BCUT2D eigenvalue weighted by atomic mass is 9.87. The summed E-state index contributed by atoms with van der Waals surface area (Å²) < 4.78 is 5.67. The Hall–Kier alpha value is -1.87. The van der Waals surface area contributed by atoms with Crippen molar-refractivity contribution >= 4 is 0 Å². The van der Waals surface area contributed by atoms with Crippen molar-refractivity contribution in [1.82, 2.24) is 4.98 Å². The van der Waals surface area contributed by atoms with E-state index in [0.29, 0.717) is 5.92 Å². The maximum Gasteiger partial charge on any atom is 0.122 e. The van der Waals surface area contributed by atoms with Crippen LogP contribution in [0.3, 0.4) is 0 Å². The third-order valence-electron chi connectivity index (χ3n) is 4.13. The van der Waals surface area contributed by atoms with E-state index in [2.05, 4.69) is 17.1 Å². The minimum atomic E-state index is -0.277. The van der Waals surface area contributed by atoms with Crippen molar-refractivity contribution < 1.29 is 9.84 Å². The topological polar surface area (TPSA) is 42.4 Å². The van der Waals surface area contributed by atoms with E-state index in [1.807, 2.05) is 30.5 Å². The average Bonchev–Trinajstić information content (AvgIpc) is 2.54. The number of fused-ring (bicyclic) bond motifs is 1. The Morgan fingerprint density at radius 3 is 3.00 bits per heavy atom. The van der Waals surface area contributed by atoms with Crippen molar-refractivity contribution in [2.75, 3.05) is 6.61 Å². The molecule has 1 N–H and O–H groups in total. The fourth-order valence-corrected chi connectivity index (χ4v) is 2.99. The van der Waals surface area contributed by atoms with Gasteiger partial charge in [0, 0.05) is 12.4 Å². The molecule has 0 aliphatic carbocycles. The van der Waals surface area contributed by atoms with Gasteiger partial charge in [-0.2, -0.15) is 0 Å². The van der Waals surface area contributed by atoms with Gasteiger partial charge in [0.1, 0.15) is 5.75 Å². The van der Waals surface area contributed by atoms with Gasteiger partial charge in [0.15, 0.2) is 0 Å². The summed E-state index contributed by atoms with van der Waals surface area (Å²) in [4.78, 5) is 4.11. The van der Waals surface area contributed by atoms with E-state index in [-0.39, 0.29) is 6.10 Å². The number of para-hydroxylation sites is 1. The van der Waals surface area contributed by atoms with Crippen molar-refractivity contribution in [1.29, 1.82) is 0 Å². The zero-order valence-corrected chi connectivity index (χ0v) is 12.1. The molecule has 110 valence electrons. The first-order valence-electron chi connectivity index (χ1n) is 7.61. The molecule has 0 amide bonds. The summed E-state index contributed by atoms with van der Waals surface area (Å²) in [6.07, 6.45) is 6.82. The highest BCUT2D eigenvalue weighted by Crippen LogP contribution is 2.36. The van der Waals surface area contributed by atoms with Gasteiger partial charge in [-0.3, -0.25) is 4.98 Å². The van der Waals surface area contributed by atoms with Crippen LogP contribution in [0.25, 0.3) is 0 Å². The minimum absolute atomic E-state index is 0.277. The summed E-state index contributed by atoms with van der Waals surface area (Å²) in [5, 5.41) is 10.3. The van der Waals surface area contributed by atoms with Crippen LogP contribution in [-0.4, -0.2) is 22.8 Å². The molecule has 2 heterocycles. The Balaban J connectivity index is 1.57. The Labute approximate surface area is 125 Å². The zero-order valence-electron chi connectivity index (χ0n) is 12.1. The number of hydrogen-bond acceptors (Lipinski definition) is 3. The molecule has 2 atom stereocenters. The summed E-state index contributed by atoms with van der Waals surface area (Å²) in [5.74, 6) is 1.38. The molecule has 3 nitrogen and oxygen atoms in total. The highest BCUT2D eigenvalue weighted by Gasteiger charge is 2.23. The molecule has 0 saturated carbocycles. The van der Waals surface area contributed by atoms with Gasteiger partial charge in [0.25, 0.3) is 0 Å². The van der Waals surface area contributed by atoms with Crippen LogP contribution < -0.4 is 4.74 Å². The molecule has 3 heteroatoms. The van der Waals surface area contributed by atoms with E-state index >= 15 is 0 Å². The number of aliphatic hydroxyl groups excluding tert-OH is 1. The molecule has 21 heavy (non-hydrogen) atoms. The number of ether oxygens (including phenoxy) is 1. The van der Waals surface area contributed by atoms with Crippen molar-refractivity contribution in [2.45, 2.75) is 37.7 Å². The highest BCUT2D eigenvalue weighted by atomic mass is 16.5. The molecule has 0 saturated heterocycles. The summed E-state index contributed by atoms with van der Waals surface area (Å²) in [7, 11) is 0. The Morgan fingerprint density at radius 1 is 1.24 bits per heavy atom. The van der Waals surface area contributed by atoms with Crippen LogP contribution in [0.5, 0.6) is 5.75 Å². The van der Waals surface area contributed by atoms with Crippen molar-refractivity contribution in [3.05, 3.63) is 59.9 Å². The molecule has 2 aromatic rings. The van der Waals surface area contributed by atoms with Gasteiger partial charge in [-0.15, -0.1) is 0 Å². The van der Waals surface area contributed by atoms with Crippen LogP contribution >= 0.6 is 0 Å². The molecular formula is C18H21NO2. The fourth-order valence-electron chi connectivity index (χ4n) is 2.99. The van der Waals surface area contributed by atoms with Gasteiger partial charge in [0.2, 0.25) is 0 Å². The number of pyridine rings is 1. The maximum atomic E-state index is 10.3. The second-order valence-corrected chi connectivity index (χ2v) is 5.66. The third kappa shape index (κ3) is 3.61. The number of nitrogens with zero attached hydrogens (tertiary/aromatic N) is 1. The van der Waals surface area contributed by atoms with Crippen LogP contribution in [0, 0.1) is 0 Å². The Morgan fingerprint density at radius 2 is 2.14 bits per heavy atom. The van der Waals surface area contributed by atoms with Crippen LogP contribution in [0.15, 0.2) is 48.8 Å². The Kier molecular flexibility index (Phi) is 4.51. The van der Waals surface area contributed by atoms with Gasteiger partial charge in [-0.05, 0) is 54.9 Å². The maximum absolute atomic E-state index is 10.3. The number of aliphatic hydroxyl groups is 1. The Bertz CT molecular complexity index is 570. The van der Waals surface area contributed by atoms with Crippen LogP contribution in [0.4, 0.5) is 0 Å². The smallest absolute Gasteiger partial charge is 0.122 e. The predicted octanol–water partition coefficient (Wildman–Crippen LogP) is 3.33. The minimum Gasteiger partial charge on any atom is -0.493 e. The molecule has 3 rings (SSSR count). The van der Waals surface area contributed by atoms with Crippen LogP contribution in [0.1, 0.15) is 36.3 Å². The lowest BCUT2D eigenvalue weighted by Crippen LogP contribution is -2.19. The summed E-state index contributed by atoms with van der Waals surface area (Å²) in [6.45, 7) is 0.747. The standard InChI is InChI=1S/C18H21NO2/c20-16(8-7-14-4-3-10-19-13-14)12-15-9-11-21-18-6-2-1-5-17(15)18/h1-6,10,13,15-16,20H,7-9,11-12H2. The van der Waals surface area contributed by atoms with Crippen molar-refractivity contribution in [3.8, 4) is 5.75 Å². The largest absolute Gasteiger partial charge is 0.493 e. The van der Waals surface area contributed by atoms with E-state index in [4.69, 9.17) is 4.74 Å². The van der Waals surface area contributed by atoms with E-state index in [0.717, 1.165) is 38.0 Å². The van der Waals surface area contributed by atoms with Crippen molar-refractivity contribution in [2.24, 2.45) is 0 Å². The molecule has 1 aromatic carbocycles. The van der Waals surface area contributed by atoms with Gasteiger partial charge in [0.05, 0.1) is 12.7 Å². The van der Waals surface area contributed by atoms with E-state index in [1.54, 1.807) is 6.20 Å². The second-order valence-electron chi connectivity index (χ2n) is 5.66. The van der Waals surface area contributed by atoms with E-state index in [1.165, 1.54) is 11.1 Å². The summed E-state index contributed by atoms with van der Waals surface area (Å²) >= 11 is 0. The second kappa shape index (κ2) is 6.72. The van der Waals surface area contributed by atoms with Crippen LogP contribution in [-0.2, 0) is 6.42 Å². The quantitative estimate of drug-likeness (QED) is 0.915. The fraction of sp³-hybridized carbons (Fsp3) is 0.389. The van der Waals surface area contributed by atoms with E-state index < -0.39 is 0 Å². The van der Waals surface area contributed by atoms with Gasteiger partial charge in [-0.25, -0.2) is 0 Å². The first-order chi connectivity index (χ1) is 10.3. The SMILES string of the molecule is OC(CCc1cccnc1)CC1CCOc2ccccc21. The van der Waals surface area contributed by atoms with Gasteiger partial charge < -0.3 is 9.84 Å². The first kappa shape index (κ1) is 14.1. The monoisotopic (exact) mass is 283 g/mol. The number of rotatable bonds is 5. The zero-order chi connectivity index (χ0) is 14.5.